The van der Waals surface area contributed by atoms with Crippen LogP contribution in [0.4, 0.5) is 0 Å². The lowest BCUT2D eigenvalue weighted by Crippen LogP contribution is -2.61. The molecule has 0 unspecified atom stereocenters. The minimum absolute atomic E-state index is 0.245. The third-order valence-corrected chi connectivity index (χ3v) is 8.24. The first-order valence-electron chi connectivity index (χ1n) is 11.0. The summed E-state index contributed by atoms with van der Waals surface area (Å²) in [5.41, 5.74) is 6.04. The lowest BCUT2D eigenvalue weighted by atomic mass is 9.81. The fraction of sp³-hybridized carbons (Fsp3) is 0.565. The van der Waals surface area contributed by atoms with Crippen LogP contribution in [-0.4, -0.2) is 66.6 Å². The van der Waals surface area contributed by atoms with Gasteiger partial charge in [0.1, 0.15) is 6.04 Å². The number of carbonyl (C=O) groups is 2. The molecule has 1 aromatic rings. The van der Waals surface area contributed by atoms with Gasteiger partial charge in [0.05, 0.1) is 12.2 Å². The molecule has 1 saturated heterocycles. The molecule has 1 spiro atoms. The van der Waals surface area contributed by atoms with Gasteiger partial charge < -0.3 is 4.90 Å². The second kappa shape index (κ2) is 8.28. The molecule has 32 heavy (non-hydrogen) atoms. The molecule has 3 aliphatic rings. The zero-order chi connectivity index (χ0) is 23.3. The maximum atomic E-state index is 13.6. The minimum Gasteiger partial charge on any atom is -0.337 e. The van der Waals surface area contributed by atoms with Gasteiger partial charge in [-0.05, 0) is 56.1 Å². The molecule has 0 aromatic heterocycles. The summed E-state index contributed by atoms with van der Waals surface area (Å²) in [5, 5.41) is 9.28. The highest BCUT2D eigenvalue weighted by atomic mass is 32.2. The number of piperidine rings is 1. The minimum atomic E-state index is -3.72. The number of sulfonamides is 1. The zero-order valence-corrected chi connectivity index (χ0v) is 19.6. The number of hydrogen-bond donors (Lipinski definition) is 2. The number of rotatable bonds is 4. The van der Waals surface area contributed by atoms with Crippen molar-refractivity contribution in [3.05, 3.63) is 41.0 Å². The predicted octanol–water partition coefficient (Wildman–Crippen LogP) is 1.85. The van der Waals surface area contributed by atoms with Crippen molar-refractivity contribution in [2.45, 2.75) is 45.6 Å². The molecule has 1 saturated carbocycles. The summed E-state index contributed by atoms with van der Waals surface area (Å²) in [5.74, 6) is -2.00. The Morgan fingerprint density at radius 3 is 2.31 bits per heavy atom. The van der Waals surface area contributed by atoms with Crippen molar-refractivity contribution in [1.29, 1.82) is 0 Å². The van der Waals surface area contributed by atoms with Gasteiger partial charge in [0.2, 0.25) is 21.8 Å². The first-order chi connectivity index (χ1) is 15.0. The van der Waals surface area contributed by atoms with E-state index in [4.69, 9.17) is 0 Å². The monoisotopic (exact) mass is 461 g/mol. The molecule has 2 heterocycles. The topological polar surface area (TPSA) is 107 Å². The average Bonchev–Trinajstić information content (AvgIpc) is 3.49. The first-order valence-corrected chi connectivity index (χ1v) is 12.9. The molecule has 2 aliphatic heterocycles. The van der Waals surface area contributed by atoms with E-state index < -0.39 is 27.9 Å². The Morgan fingerprint density at radius 1 is 1.16 bits per heavy atom. The third-order valence-electron chi connectivity index (χ3n) is 7.03. The van der Waals surface area contributed by atoms with Crippen molar-refractivity contribution in [1.82, 2.24) is 14.7 Å². The fourth-order valence-corrected chi connectivity index (χ4v) is 6.39. The van der Waals surface area contributed by atoms with E-state index in [1.54, 1.807) is 10.4 Å². The SMILES string of the molecule is Cc1cc(C)cc(C2=CCN(C(=O)[C@@H]3[C@@H](C(=O)NO)CC4(CC4)CN3S(C)(=O)=O)CC2)c1. The van der Waals surface area contributed by atoms with Crippen molar-refractivity contribution in [3.8, 4) is 0 Å². The highest BCUT2D eigenvalue weighted by molar-refractivity contribution is 7.88. The third kappa shape index (κ3) is 4.46. The highest BCUT2D eigenvalue weighted by Crippen LogP contribution is 2.55. The van der Waals surface area contributed by atoms with E-state index in [9.17, 15) is 23.2 Å². The first kappa shape index (κ1) is 22.9. The quantitative estimate of drug-likeness (QED) is 0.526. The summed E-state index contributed by atoms with van der Waals surface area (Å²) in [6.45, 7) is 5.16. The number of nitrogens with one attached hydrogen (secondary N) is 1. The normalized spacial score (nSPS) is 25.4. The molecule has 2 fully saturated rings. The van der Waals surface area contributed by atoms with Gasteiger partial charge in [0.15, 0.2) is 0 Å². The molecule has 174 valence electrons. The van der Waals surface area contributed by atoms with E-state index in [1.165, 1.54) is 15.4 Å². The summed E-state index contributed by atoms with van der Waals surface area (Å²) < 4.78 is 26.4. The van der Waals surface area contributed by atoms with Gasteiger partial charge in [-0.15, -0.1) is 0 Å². The van der Waals surface area contributed by atoms with Crippen LogP contribution < -0.4 is 5.48 Å². The van der Waals surface area contributed by atoms with Crippen LogP contribution in [0.25, 0.3) is 5.57 Å². The van der Waals surface area contributed by atoms with Gasteiger partial charge in [-0.3, -0.25) is 14.8 Å². The highest BCUT2D eigenvalue weighted by Gasteiger charge is 2.58. The summed E-state index contributed by atoms with van der Waals surface area (Å²) in [6, 6.07) is 5.23. The van der Waals surface area contributed by atoms with E-state index in [1.807, 2.05) is 6.08 Å². The van der Waals surface area contributed by atoms with Gasteiger partial charge in [-0.25, -0.2) is 13.9 Å². The molecule has 9 heteroatoms. The summed E-state index contributed by atoms with van der Waals surface area (Å²) in [6.07, 6.45) is 5.78. The molecule has 2 N–H and O–H groups in total. The Hall–Kier alpha value is -2.23. The lowest BCUT2D eigenvalue weighted by molar-refractivity contribution is -0.148. The Balaban J connectivity index is 1.60. The largest absolute Gasteiger partial charge is 0.337 e. The predicted molar refractivity (Wildman–Crippen MR) is 120 cm³/mol. The van der Waals surface area contributed by atoms with Gasteiger partial charge in [0.25, 0.3) is 0 Å². The number of carbonyl (C=O) groups excluding carboxylic acids is 2. The van der Waals surface area contributed by atoms with Crippen molar-refractivity contribution >= 4 is 27.4 Å². The van der Waals surface area contributed by atoms with Crippen LogP contribution in [0.3, 0.4) is 0 Å². The number of aryl methyl sites for hydroxylation is 2. The number of hydrogen-bond acceptors (Lipinski definition) is 5. The van der Waals surface area contributed by atoms with Crippen LogP contribution in [0.2, 0.25) is 0 Å². The molecule has 2 amide bonds. The second-order valence-electron chi connectivity index (χ2n) is 9.68. The van der Waals surface area contributed by atoms with Crippen molar-refractivity contribution in [2.24, 2.45) is 11.3 Å². The zero-order valence-electron chi connectivity index (χ0n) is 18.8. The second-order valence-corrected chi connectivity index (χ2v) is 11.6. The van der Waals surface area contributed by atoms with E-state index in [2.05, 4.69) is 32.0 Å². The van der Waals surface area contributed by atoms with Crippen molar-refractivity contribution < 1.29 is 23.2 Å². The van der Waals surface area contributed by atoms with Crippen LogP contribution in [-0.2, 0) is 19.6 Å². The Bertz CT molecular complexity index is 1060. The Kier molecular flexibility index (Phi) is 5.94. The smallest absolute Gasteiger partial charge is 0.248 e. The summed E-state index contributed by atoms with van der Waals surface area (Å²) >= 11 is 0. The van der Waals surface area contributed by atoms with Crippen LogP contribution >= 0.6 is 0 Å². The molecule has 8 nitrogen and oxygen atoms in total. The lowest BCUT2D eigenvalue weighted by Gasteiger charge is -2.44. The number of hydroxylamine groups is 1. The standard InChI is InChI=1S/C23H31N3O5S/c1-15-10-16(2)12-18(11-15)17-4-8-25(9-5-17)22(28)20-19(21(27)24-29)13-23(6-7-23)14-26(20)32(3,30)31/h4,10-12,19-20,29H,5-9,13-14H2,1-3H3,(H,24,27)/t19-,20-/m0/s1. The molecule has 2 atom stereocenters. The van der Waals surface area contributed by atoms with E-state index in [0.29, 0.717) is 25.9 Å². The number of nitrogens with zero attached hydrogens (tertiary/aromatic N) is 2. The van der Waals surface area contributed by atoms with Crippen LogP contribution in [0.15, 0.2) is 24.3 Å². The van der Waals surface area contributed by atoms with E-state index >= 15 is 0 Å². The maximum Gasteiger partial charge on any atom is 0.248 e. The fourth-order valence-electron chi connectivity index (χ4n) is 5.23. The summed E-state index contributed by atoms with van der Waals surface area (Å²) in [7, 11) is -3.72. The van der Waals surface area contributed by atoms with Crippen LogP contribution in [0, 0.1) is 25.2 Å². The molecule has 0 bridgehead atoms. The van der Waals surface area contributed by atoms with Crippen LogP contribution in [0.5, 0.6) is 0 Å². The summed E-state index contributed by atoms with van der Waals surface area (Å²) in [4.78, 5) is 27.7. The van der Waals surface area contributed by atoms with Crippen molar-refractivity contribution in [2.75, 3.05) is 25.9 Å². The van der Waals surface area contributed by atoms with E-state index in [0.717, 1.165) is 30.2 Å². The van der Waals surface area contributed by atoms with Gasteiger partial charge in [-0.2, -0.15) is 4.31 Å². The molecule has 1 aliphatic carbocycles. The number of benzene rings is 1. The van der Waals surface area contributed by atoms with Gasteiger partial charge >= 0.3 is 0 Å². The Labute approximate surface area is 189 Å². The average molecular weight is 462 g/mol. The van der Waals surface area contributed by atoms with Crippen molar-refractivity contribution in [3.63, 3.8) is 0 Å². The number of amides is 2. The Morgan fingerprint density at radius 2 is 1.81 bits per heavy atom. The molecule has 1 aromatic carbocycles. The van der Waals surface area contributed by atoms with E-state index in [-0.39, 0.29) is 17.9 Å². The van der Waals surface area contributed by atoms with Gasteiger partial charge in [-0.1, -0.05) is 35.4 Å². The van der Waals surface area contributed by atoms with Gasteiger partial charge in [0, 0.05) is 19.6 Å². The molecular weight excluding hydrogens is 430 g/mol. The van der Waals surface area contributed by atoms with Crippen LogP contribution in [0.1, 0.15) is 42.4 Å². The molecule has 0 radical (unpaired) electrons. The molecular formula is C23H31N3O5S. The maximum absolute atomic E-state index is 13.6. The molecule has 4 rings (SSSR count).